The lowest BCUT2D eigenvalue weighted by Crippen LogP contribution is -2.44. The van der Waals surface area contributed by atoms with Gasteiger partial charge in [-0.2, -0.15) is 0 Å². The van der Waals surface area contributed by atoms with Crippen LogP contribution in [0.5, 0.6) is 5.88 Å². The van der Waals surface area contributed by atoms with E-state index in [2.05, 4.69) is 25.3 Å². The first-order chi connectivity index (χ1) is 17.6. The van der Waals surface area contributed by atoms with Gasteiger partial charge in [-0.05, 0) is 43.2 Å². The monoisotopic (exact) mass is 488 g/mol. The number of benzene rings is 1. The van der Waals surface area contributed by atoms with Crippen molar-refractivity contribution >= 4 is 17.5 Å². The van der Waals surface area contributed by atoms with Crippen molar-refractivity contribution in [1.82, 2.24) is 25.3 Å². The molecule has 0 spiro atoms. The second-order valence-electron chi connectivity index (χ2n) is 7.79. The van der Waals surface area contributed by atoms with Crippen LogP contribution in [0.2, 0.25) is 0 Å². The Balaban J connectivity index is 1.67. The molecule has 4 aromatic rings. The van der Waals surface area contributed by atoms with Crippen LogP contribution in [0.15, 0.2) is 79.6 Å². The summed E-state index contributed by atoms with van der Waals surface area (Å²) >= 11 is 0. The van der Waals surface area contributed by atoms with Crippen molar-refractivity contribution in [2.45, 2.75) is 19.4 Å². The Bertz CT molecular complexity index is 1280. The number of hydrogen-bond acceptors (Lipinski definition) is 6. The summed E-state index contributed by atoms with van der Waals surface area (Å²) in [5.74, 6) is -0.854. The molecule has 0 saturated carbocycles. The second-order valence-corrected chi connectivity index (χ2v) is 7.79. The molecule has 0 aliphatic carbocycles. The Morgan fingerprint density at radius 1 is 1.11 bits per heavy atom. The molecule has 10 heteroatoms. The van der Waals surface area contributed by atoms with Gasteiger partial charge in [0.25, 0.3) is 5.91 Å². The van der Waals surface area contributed by atoms with Gasteiger partial charge in [-0.15, -0.1) is 0 Å². The SMILES string of the molecule is CCOc1ccc(N(C(=O)c2cnc[nH]2)C(C(=O)NCCc2cccc(F)c2)c2cccnc2)cn1. The molecule has 0 radical (unpaired) electrons. The molecule has 4 rings (SSSR count). The molecule has 0 aliphatic heterocycles. The molecule has 184 valence electrons. The number of aromatic nitrogens is 4. The zero-order valence-electron chi connectivity index (χ0n) is 19.6. The fourth-order valence-corrected chi connectivity index (χ4v) is 3.71. The van der Waals surface area contributed by atoms with Crippen LogP contribution < -0.4 is 15.0 Å². The van der Waals surface area contributed by atoms with E-state index >= 15 is 0 Å². The molecular weight excluding hydrogens is 463 g/mol. The Morgan fingerprint density at radius 3 is 2.67 bits per heavy atom. The molecule has 0 bridgehead atoms. The number of H-pyrrole nitrogens is 1. The molecule has 3 aromatic heterocycles. The van der Waals surface area contributed by atoms with E-state index in [-0.39, 0.29) is 18.1 Å². The van der Waals surface area contributed by atoms with Gasteiger partial charge in [0.15, 0.2) is 0 Å². The molecule has 3 heterocycles. The summed E-state index contributed by atoms with van der Waals surface area (Å²) in [4.78, 5) is 43.7. The van der Waals surface area contributed by atoms with E-state index in [1.54, 1.807) is 42.6 Å². The molecule has 0 saturated heterocycles. The zero-order chi connectivity index (χ0) is 25.3. The number of rotatable bonds is 10. The highest BCUT2D eigenvalue weighted by atomic mass is 19.1. The first-order valence-corrected chi connectivity index (χ1v) is 11.4. The van der Waals surface area contributed by atoms with Gasteiger partial charge in [0, 0.05) is 30.6 Å². The largest absolute Gasteiger partial charge is 0.478 e. The lowest BCUT2D eigenvalue weighted by molar-refractivity contribution is -0.122. The molecule has 2 N–H and O–H groups in total. The normalized spacial score (nSPS) is 11.5. The molecule has 2 amide bonds. The van der Waals surface area contributed by atoms with Crippen LogP contribution >= 0.6 is 0 Å². The lowest BCUT2D eigenvalue weighted by atomic mass is 10.0. The summed E-state index contributed by atoms with van der Waals surface area (Å²) in [6.45, 7) is 2.53. The van der Waals surface area contributed by atoms with E-state index in [9.17, 15) is 14.0 Å². The predicted octanol–water partition coefficient (Wildman–Crippen LogP) is 3.48. The Hall–Kier alpha value is -4.60. The summed E-state index contributed by atoms with van der Waals surface area (Å²) in [5, 5.41) is 2.88. The standard InChI is InChI=1S/C26H25FN6O3/c1-2-36-23-9-8-21(15-31-23)33(26(35)22-16-29-17-32-22)24(19-6-4-11-28-14-19)25(34)30-12-10-18-5-3-7-20(27)13-18/h3-9,11,13-17,24H,2,10,12H2,1H3,(H,29,32)(H,30,34). The van der Waals surface area contributed by atoms with E-state index in [1.807, 2.05) is 6.92 Å². The smallest absolute Gasteiger partial charge is 0.277 e. The fraction of sp³-hybridized carbons (Fsp3) is 0.192. The van der Waals surface area contributed by atoms with Crippen molar-refractivity contribution in [1.29, 1.82) is 0 Å². The number of ether oxygens (including phenoxy) is 1. The van der Waals surface area contributed by atoms with Crippen molar-refractivity contribution in [2.24, 2.45) is 0 Å². The van der Waals surface area contributed by atoms with Crippen molar-refractivity contribution < 1.29 is 18.7 Å². The summed E-state index contributed by atoms with van der Waals surface area (Å²) in [7, 11) is 0. The van der Waals surface area contributed by atoms with Crippen LogP contribution in [0.25, 0.3) is 0 Å². The number of imidazole rings is 1. The van der Waals surface area contributed by atoms with Crippen molar-refractivity contribution in [3.05, 3.63) is 102 Å². The van der Waals surface area contributed by atoms with Gasteiger partial charge in [-0.3, -0.25) is 19.5 Å². The topological polar surface area (TPSA) is 113 Å². The van der Waals surface area contributed by atoms with E-state index in [0.717, 1.165) is 5.56 Å². The van der Waals surface area contributed by atoms with Crippen LogP contribution in [0.1, 0.15) is 34.6 Å². The minimum absolute atomic E-state index is 0.199. The van der Waals surface area contributed by atoms with Gasteiger partial charge < -0.3 is 15.0 Å². The third-order valence-corrected chi connectivity index (χ3v) is 5.35. The number of aromatic amines is 1. The van der Waals surface area contributed by atoms with E-state index in [0.29, 0.717) is 30.2 Å². The Morgan fingerprint density at radius 2 is 2.00 bits per heavy atom. The number of pyridine rings is 2. The third kappa shape index (κ3) is 5.90. The quantitative estimate of drug-likeness (QED) is 0.353. The van der Waals surface area contributed by atoms with Gasteiger partial charge in [0.2, 0.25) is 11.8 Å². The minimum atomic E-state index is -1.07. The molecule has 1 atom stereocenters. The highest BCUT2D eigenvalue weighted by molar-refractivity contribution is 6.09. The van der Waals surface area contributed by atoms with Crippen LogP contribution in [0, 0.1) is 5.82 Å². The minimum Gasteiger partial charge on any atom is -0.478 e. The molecular formula is C26H25FN6O3. The van der Waals surface area contributed by atoms with Gasteiger partial charge in [-0.25, -0.2) is 14.4 Å². The molecule has 1 unspecified atom stereocenters. The van der Waals surface area contributed by atoms with Crippen molar-refractivity contribution in [3.8, 4) is 5.88 Å². The maximum atomic E-state index is 13.6. The number of carbonyl (C=O) groups is 2. The molecule has 9 nitrogen and oxygen atoms in total. The molecule has 1 aromatic carbocycles. The summed E-state index contributed by atoms with van der Waals surface area (Å²) < 4.78 is 19.0. The summed E-state index contributed by atoms with van der Waals surface area (Å²) in [5.41, 5.74) is 1.83. The maximum Gasteiger partial charge on any atom is 0.277 e. The van der Waals surface area contributed by atoms with Crippen LogP contribution in [-0.4, -0.2) is 44.9 Å². The average Bonchev–Trinajstić information content (AvgIpc) is 3.43. The van der Waals surface area contributed by atoms with Crippen molar-refractivity contribution in [3.63, 3.8) is 0 Å². The first-order valence-electron chi connectivity index (χ1n) is 11.4. The zero-order valence-corrected chi connectivity index (χ0v) is 19.6. The van der Waals surface area contributed by atoms with Gasteiger partial charge in [-0.1, -0.05) is 18.2 Å². The number of nitrogens with one attached hydrogen (secondary N) is 2. The van der Waals surface area contributed by atoms with E-state index in [4.69, 9.17) is 4.74 Å². The Kier molecular flexibility index (Phi) is 7.97. The van der Waals surface area contributed by atoms with Crippen LogP contribution in [0.4, 0.5) is 10.1 Å². The number of anilines is 1. The molecule has 0 fully saturated rings. The first kappa shape index (κ1) is 24.5. The number of amides is 2. The van der Waals surface area contributed by atoms with Crippen molar-refractivity contribution in [2.75, 3.05) is 18.1 Å². The fourth-order valence-electron chi connectivity index (χ4n) is 3.71. The maximum absolute atomic E-state index is 13.6. The highest BCUT2D eigenvalue weighted by Crippen LogP contribution is 2.29. The van der Waals surface area contributed by atoms with Gasteiger partial charge in [0.05, 0.1) is 31.0 Å². The molecule has 36 heavy (non-hydrogen) atoms. The third-order valence-electron chi connectivity index (χ3n) is 5.35. The second kappa shape index (κ2) is 11.7. The number of hydrogen-bond donors (Lipinski definition) is 2. The predicted molar refractivity (Wildman–Crippen MR) is 131 cm³/mol. The molecule has 0 aliphatic rings. The summed E-state index contributed by atoms with van der Waals surface area (Å²) in [6.07, 6.45) is 7.79. The van der Waals surface area contributed by atoms with Crippen LogP contribution in [-0.2, 0) is 11.2 Å². The number of carbonyl (C=O) groups excluding carboxylic acids is 2. The Labute approximate surface area is 207 Å². The van der Waals surface area contributed by atoms with E-state index < -0.39 is 17.9 Å². The van der Waals surface area contributed by atoms with Gasteiger partial charge >= 0.3 is 0 Å². The lowest BCUT2D eigenvalue weighted by Gasteiger charge is -2.30. The highest BCUT2D eigenvalue weighted by Gasteiger charge is 2.34. The van der Waals surface area contributed by atoms with Gasteiger partial charge in [0.1, 0.15) is 17.6 Å². The summed E-state index contributed by atoms with van der Waals surface area (Å²) in [6, 6.07) is 11.8. The number of nitrogens with zero attached hydrogens (tertiary/aromatic N) is 4. The van der Waals surface area contributed by atoms with Crippen LogP contribution in [0.3, 0.4) is 0 Å². The van der Waals surface area contributed by atoms with E-state index in [1.165, 1.54) is 42.0 Å². The number of halogens is 1. The average molecular weight is 489 g/mol.